The first-order valence-corrected chi connectivity index (χ1v) is 15.0. The van der Waals surface area contributed by atoms with Gasteiger partial charge in [-0.1, -0.05) is 91.9 Å². The van der Waals surface area contributed by atoms with E-state index in [1.165, 1.54) is 25.7 Å². The number of fused-ring (bicyclic) bond motifs is 9. The van der Waals surface area contributed by atoms with E-state index in [9.17, 15) is 0 Å². The molecule has 0 amide bonds. The molecule has 0 N–H and O–H groups in total. The molecule has 0 saturated carbocycles. The van der Waals surface area contributed by atoms with E-state index >= 15 is 0 Å². The van der Waals surface area contributed by atoms with Crippen LogP contribution in [0.2, 0.25) is 0 Å². The molecule has 0 bridgehead atoms. The fraction of sp³-hybridized carbons (Fsp3) is 0.167. The summed E-state index contributed by atoms with van der Waals surface area (Å²) in [4.78, 5) is 13.0. The van der Waals surface area contributed by atoms with Gasteiger partial charge in [0.25, 0.3) is 0 Å². The van der Waals surface area contributed by atoms with Crippen molar-refractivity contribution in [1.29, 1.82) is 0 Å². The van der Waals surface area contributed by atoms with Crippen LogP contribution in [0.25, 0.3) is 42.2 Å². The molecule has 1 aliphatic heterocycles. The number of thiophene rings is 1. The molecule has 41 heavy (non-hydrogen) atoms. The Morgan fingerprint density at radius 3 is 2.56 bits per heavy atom. The van der Waals surface area contributed by atoms with Crippen molar-refractivity contribution in [2.45, 2.75) is 37.1 Å². The highest BCUT2D eigenvalue weighted by atomic mass is 32.1. The number of benzene rings is 3. The van der Waals surface area contributed by atoms with Crippen molar-refractivity contribution >= 4 is 65.2 Å². The summed E-state index contributed by atoms with van der Waals surface area (Å²) in [5, 5.41) is 4.64. The predicted octanol–water partition coefficient (Wildman–Crippen LogP) is 9.64. The molecule has 4 heterocycles. The largest absolute Gasteiger partial charge is 0.438 e. The number of hydrogen-bond donors (Lipinski definition) is 0. The Hall–Kier alpha value is -4.48. The fourth-order valence-corrected chi connectivity index (χ4v) is 8.32. The number of anilines is 2. The summed E-state index contributed by atoms with van der Waals surface area (Å²) in [7, 11) is 0. The first-order chi connectivity index (χ1) is 20.0. The Morgan fingerprint density at radius 1 is 0.854 bits per heavy atom. The van der Waals surface area contributed by atoms with Gasteiger partial charge in [0.2, 0.25) is 11.7 Å². The third-order valence-corrected chi connectivity index (χ3v) is 10.4. The van der Waals surface area contributed by atoms with E-state index in [1.807, 2.05) is 23.5 Å². The second-order valence-electron chi connectivity index (χ2n) is 11.8. The number of aromatic nitrogens is 2. The molecule has 0 fully saturated rings. The van der Waals surface area contributed by atoms with Gasteiger partial charge in [-0.3, -0.25) is 4.90 Å². The standard InChI is InChI=1S/C36H27N3OS/c1-35(17-9-3-10-18-35)32-31-23-13-4-6-15-28(23)40-33(31)38-34(37-32)39-27-20-24-22-12-5-7-16-29(22)41-30(24)21-25(27)26-14-8-11-19-36(26,39)2/h3-17,19-21,26H,18H2,1-2H3. The minimum absolute atomic E-state index is 0.184. The van der Waals surface area contributed by atoms with Crippen molar-refractivity contribution in [2.75, 3.05) is 4.90 Å². The van der Waals surface area contributed by atoms with E-state index < -0.39 is 0 Å². The molecule has 9 rings (SSSR count). The maximum Gasteiger partial charge on any atom is 0.234 e. The van der Waals surface area contributed by atoms with E-state index in [4.69, 9.17) is 14.4 Å². The van der Waals surface area contributed by atoms with Gasteiger partial charge in [-0.25, -0.2) is 4.98 Å². The highest BCUT2D eigenvalue weighted by Gasteiger charge is 2.49. The smallest absolute Gasteiger partial charge is 0.234 e. The Labute approximate surface area is 241 Å². The van der Waals surface area contributed by atoms with Crippen molar-refractivity contribution in [3.8, 4) is 0 Å². The summed E-state index contributed by atoms with van der Waals surface area (Å²) >= 11 is 1.87. The van der Waals surface area contributed by atoms with E-state index in [0.29, 0.717) is 11.7 Å². The van der Waals surface area contributed by atoms with Crippen molar-refractivity contribution in [3.63, 3.8) is 0 Å². The van der Waals surface area contributed by atoms with E-state index in [2.05, 4.69) is 116 Å². The van der Waals surface area contributed by atoms with Gasteiger partial charge < -0.3 is 4.42 Å². The summed E-state index contributed by atoms with van der Waals surface area (Å²) in [6, 6.07) is 21.7. The average molecular weight is 550 g/mol. The molecule has 3 atom stereocenters. The Kier molecular flexibility index (Phi) is 4.56. The van der Waals surface area contributed by atoms with Crippen LogP contribution in [-0.2, 0) is 5.41 Å². The third kappa shape index (κ3) is 3.10. The van der Waals surface area contributed by atoms with Crippen molar-refractivity contribution < 1.29 is 4.42 Å². The summed E-state index contributed by atoms with van der Waals surface area (Å²) in [6.45, 7) is 4.58. The first-order valence-electron chi connectivity index (χ1n) is 14.2. The molecule has 0 radical (unpaired) electrons. The number of furan rings is 1. The zero-order chi connectivity index (χ0) is 27.3. The zero-order valence-corrected chi connectivity index (χ0v) is 23.7. The monoisotopic (exact) mass is 549 g/mol. The fourth-order valence-electron chi connectivity index (χ4n) is 7.19. The molecule has 0 spiro atoms. The van der Waals surface area contributed by atoms with Crippen LogP contribution in [0.1, 0.15) is 37.4 Å². The van der Waals surface area contributed by atoms with Crippen LogP contribution in [0.5, 0.6) is 0 Å². The number of para-hydroxylation sites is 1. The number of nitrogens with zero attached hydrogens (tertiary/aromatic N) is 3. The first kappa shape index (κ1) is 23.2. The lowest BCUT2D eigenvalue weighted by molar-refractivity contribution is 0.528. The minimum atomic E-state index is -0.351. The van der Waals surface area contributed by atoms with Crippen LogP contribution in [0.3, 0.4) is 0 Å². The van der Waals surface area contributed by atoms with Crippen LogP contribution in [0.4, 0.5) is 11.6 Å². The summed E-state index contributed by atoms with van der Waals surface area (Å²) in [5.41, 5.74) is 4.33. The van der Waals surface area contributed by atoms with Gasteiger partial charge in [0, 0.05) is 42.6 Å². The predicted molar refractivity (Wildman–Crippen MR) is 170 cm³/mol. The maximum atomic E-state index is 6.45. The minimum Gasteiger partial charge on any atom is -0.438 e. The molecule has 198 valence electrons. The van der Waals surface area contributed by atoms with Crippen molar-refractivity contribution in [3.05, 3.63) is 121 Å². The lowest BCUT2D eigenvalue weighted by atomic mass is 9.79. The van der Waals surface area contributed by atoms with Crippen LogP contribution in [0, 0.1) is 0 Å². The molecule has 5 heteroatoms. The lowest BCUT2D eigenvalue weighted by Crippen LogP contribution is -2.43. The van der Waals surface area contributed by atoms with Gasteiger partial charge in [0.1, 0.15) is 5.58 Å². The Morgan fingerprint density at radius 2 is 1.68 bits per heavy atom. The molecule has 4 nitrogen and oxygen atoms in total. The van der Waals surface area contributed by atoms with Crippen LogP contribution in [0.15, 0.2) is 114 Å². The van der Waals surface area contributed by atoms with Gasteiger partial charge in [-0.15, -0.1) is 11.3 Å². The number of allylic oxidation sites excluding steroid dienone is 6. The van der Waals surface area contributed by atoms with Crippen LogP contribution in [-0.4, -0.2) is 15.5 Å². The Balaban J connectivity index is 1.36. The molecule has 3 unspecified atom stereocenters. The molecule has 3 aromatic heterocycles. The summed E-state index contributed by atoms with van der Waals surface area (Å²) in [6.07, 6.45) is 18.6. The van der Waals surface area contributed by atoms with E-state index in [1.54, 1.807) is 0 Å². The average Bonchev–Trinajstić information content (AvgIpc) is 3.62. The summed E-state index contributed by atoms with van der Waals surface area (Å²) < 4.78 is 9.08. The van der Waals surface area contributed by atoms with Crippen LogP contribution >= 0.6 is 11.3 Å². The molecule has 0 saturated heterocycles. The molecular weight excluding hydrogens is 522 g/mol. The molecular formula is C36H27N3OS. The van der Waals surface area contributed by atoms with Gasteiger partial charge in [0.05, 0.1) is 16.6 Å². The highest BCUT2D eigenvalue weighted by Crippen LogP contribution is 2.56. The molecule has 6 aromatic rings. The quantitative estimate of drug-likeness (QED) is 0.216. The topological polar surface area (TPSA) is 42.2 Å². The van der Waals surface area contributed by atoms with E-state index in [-0.39, 0.29) is 16.9 Å². The Bertz CT molecular complexity index is 2200. The maximum absolute atomic E-state index is 6.45. The zero-order valence-electron chi connectivity index (χ0n) is 22.8. The second kappa shape index (κ2) is 8.05. The van der Waals surface area contributed by atoms with E-state index in [0.717, 1.165) is 34.2 Å². The van der Waals surface area contributed by atoms with Gasteiger partial charge >= 0.3 is 0 Å². The normalized spacial score (nSPS) is 24.7. The number of rotatable bonds is 2. The lowest BCUT2D eigenvalue weighted by Gasteiger charge is -2.38. The highest BCUT2D eigenvalue weighted by molar-refractivity contribution is 7.25. The van der Waals surface area contributed by atoms with Gasteiger partial charge in [0.15, 0.2) is 0 Å². The second-order valence-corrected chi connectivity index (χ2v) is 12.9. The van der Waals surface area contributed by atoms with Gasteiger partial charge in [-0.2, -0.15) is 4.98 Å². The number of hydrogen-bond acceptors (Lipinski definition) is 5. The van der Waals surface area contributed by atoms with Crippen molar-refractivity contribution in [1.82, 2.24) is 9.97 Å². The molecule has 3 aromatic carbocycles. The van der Waals surface area contributed by atoms with Crippen LogP contribution < -0.4 is 4.90 Å². The molecule has 2 aliphatic carbocycles. The molecule has 3 aliphatic rings. The van der Waals surface area contributed by atoms with Gasteiger partial charge in [-0.05, 0) is 43.2 Å². The summed E-state index contributed by atoms with van der Waals surface area (Å²) in [5.74, 6) is 0.865. The third-order valence-electron chi connectivity index (χ3n) is 9.28. The SMILES string of the molecule is CC1(c2nc(N3c4cc5c(cc4C4C=CC=CC43C)sc3ccccc35)nc3oc4ccccc4c23)C=CC=CC1. The van der Waals surface area contributed by atoms with Crippen molar-refractivity contribution in [2.24, 2.45) is 0 Å².